The lowest BCUT2D eigenvalue weighted by atomic mass is 9.93. The molecule has 0 aliphatic heterocycles. The molecule has 1 amide bonds. The first kappa shape index (κ1) is 17.6. The van der Waals surface area contributed by atoms with E-state index in [1.165, 1.54) is 26.0 Å². The fraction of sp³-hybridized carbons (Fsp3) is 0.467. The fourth-order valence-corrected chi connectivity index (χ4v) is 1.81. The Morgan fingerprint density at radius 3 is 2.41 bits per heavy atom. The summed E-state index contributed by atoms with van der Waals surface area (Å²) in [7, 11) is 0. The number of carboxylic acids is 1. The molecule has 0 unspecified atom stereocenters. The van der Waals surface area contributed by atoms with Gasteiger partial charge >= 0.3 is 5.97 Å². The van der Waals surface area contributed by atoms with E-state index in [0.717, 1.165) is 0 Å². The van der Waals surface area contributed by atoms with Crippen molar-refractivity contribution in [2.75, 3.05) is 6.54 Å². The molecule has 1 aromatic carbocycles. The number of nitrogens with one attached hydrogen (secondary N) is 1. The summed E-state index contributed by atoms with van der Waals surface area (Å²) in [5.41, 5.74) is -0.538. The molecule has 7 nitrogen and oxygen atoms in total. The average Bonchev–Trinajstić information content (AvgIpc) is 2.43. The molecular weight excluding hydrogens is 288 g/mol. The summed E-state index contributed by atoms with van der Waals surface area (Å²) in [6.07, 6.45) is 0. The van der Waals surface area contributed by atoms with Gasteiger partial charge in [-0.15, -0.1) is 0 Å². The first-order valence-electron chi connectivity index (χ1n) is 6.86. The molecule has 1 aromatic rings. The molecule has 0 aromatic heterocycles. The van der Waals surface area contributed by atoms with Crippen LogP contribution in [0.15, 0.2) is 18.2 Å². The Morgan fingerprint density at radius 1 is 1.36 bits per heavy atom. The highest BCUT2D eigenvalue weighted by molar-refractivity contribution is 5.95. The SMILES string of the molecule is CC(C)c1ccc(C(=O)NCC(C)(C)C(=O)O)cc1[N+](=O)[O-]. The number of carbonyl (C=O) groups excluding carboxylic acids is 1. The minimum atomic E-state index is -1.11. The minimum Gasteiger partial charge on any atom is -0.481 e. The number of carbonyl (C=O) groups is 2. The Labute approximate surface area is 128 Å². The summed E-state index contributed by atoms with van der Waals surface area (Å²) in [5, 5.41) is 22.6. The summed E-state index contributed by atoms with van der Waals surface area (Å²) < 4.78 is 0. The molecule has 1 rings (SSSR count). The van der Waals surface area contributed by atoms with Gasteiger partial charge in [-0.05, 0) is 25.8 Å². The second-order valence-electron chi connectivity index (χ2n) is 6.06. The average molecular weight is 308 g/mol. The van der Waals surface area contributed by atoms with E-state index in [0.29, 0.717) is 5.56 Å². The van der Waals surface area contributed by atoms with Crippen LogP contribution in [0.1, 0.15) is 49.5 Å². The lowest BCUT2D eigenvalue weighted by molar-refractivity contribution is -0.385. The van der Waals surface area contributed by atoms with Crippen molar-refractivity contribution in [1.82, 2.24) is 5.32 Å². The molecule has 0 heterocycles. The maximum Gasteiger partial charge on any atom is 0.310 e. The van der Waals surface area contributed by atoms with Crippen molar-refractivity contribution in [3.8, 4) is 0 Å². The van der Waals surface area contributed by atoms with E-state index in [4.69, 9.17) is 5.11 Å². The largest absolute Gasteiger partial charge is 0.481 e. The Kier molecular flexibility index (Phi) is 5.24. The van der Waals surface area contributed by atoms with Gasteiger partial charge in [0.25, 0.3) is 11.6 Å². The molecule has 0 bridgehead atoms. The normalized spacial score (nSPS) is 11.3. The molecule has 0 saturated carbocycles. The van der Waals surface area contributed by atoms with Gasteiger partial charge in [-0.1, -0.05) is 19.9 Å². The molecule has 0 radical (unpaired) electrons. The van der Waals surface area contributed by atoms with Gasteiger partial charge in [-0.25, -0.2) is 0 Å². The van der Waals surface area contributed by atoms with Crippen LogP contribution in [0, 0.1) is 15.5 Å². The number of benzene rings is 1. The van der Waals surface area contributed by atoms with Gasteiger partial charge in [0.05, 0.1) is 10.3 Å². The molecule has 7 heteroatoms. The predicted octanol–water partition coefficient (Wildman–Crippen LogP) is 2.56. The van der Waals surface area contributed by atoms with E-state index in [2.05, 4.69) is 5.32 Å². The van der Waals surface area contributed by atoms with E-state index >= 15 is 0 Å². The van der Waals surface area contributed by atoms with Crippen molar-refractivity contribution < 1.29 is 19.6 Å². The maximum absolute atomic E-state index is 12.0. The number of nitro groups is 1. The summed E-state index contributed by atoms with van der Waals surface area (Å²) in [6.45, 7) is 6.57. The lowest BCUT2D eigenvalue weighted by Crippen LogP contribution is -2.38. The standard InChI is InChI=1S/C15H20N2O5/c1-9(2)11-6-5-10(7-12(11)17(21)22)13(18)16-8-15(3,4)14(19)20/h5-7,9H,8H2,1-4H3,(H,16,18)(H,19,20). The van der Waals surface area contributed by atoms with E-state index in [-0.39, 0.29) is 23.7 Å². The zero-order valence-corrected chi connectivity index (χ0v) is 13.0. The van der Waals surface area contributed by atoms with Crippen LogP contribution in [0.2, 0.25) is 0 Å². The number of hydrogen-bond donors (Lipinski definition) is 2. The summed E-state index contributed by atoms with van der Waals surface area (Å²) in [4.78, 5) is 33.6. The molecule has 120 valence electrons. The summed E-state index contributed by atoms with van der Waals surface area (Å²) >= 11 is 0. The van der Waals surface area contributed by atoms with Crippen LogP contribution in [-0.4, -0.2) is 28.5 Å². The van der Waals surface area contributed by atoms with Gasteiger partial charge < -0.3 is 10.4 Å². The third-order valence-corrected chi connectivity index (χ3v) is 3.38. The molecule has 0 spiro atoms. The first-order chi connectivity index (χ1) is 10.1. The summed E-state index contributed by atoms with van der Waals surface area (Å²) in [5.74, 6) is -1.61. The Hall–Kier alpha value is -2.44. The van der Waals surface area contributed by atoms with Crippen molar-refractivity contribution in [2.24, 2.45) is 5.41 Å². The number of aliphatic carboxylic acids is 1. The van der Waals surface area contributed by atoms with Gasteiger partial charge in [-0.3, -0.25) is 19.7 Å². The molecule has 0 aliphatic carbocycles. The fourth-order valence-electron chi connectivity index (χ4n) is 1.81. The van der Waals surface area contributed by atoms with Crippen molar-refractivity contribution in [2.45, 2.75) is 33.6 Å². The van der Waals surface area contributed by atoms with Crippen LogP contribution in [-0.2, 0) is 4.79 Å². The van der Waals surface area contributed by atoms with Gasteiger partial charge in [-0.2, -0.15) is 0 Å². The Morgan fingerprint density at radius 2 is 1.95 bits per heavy atom. The number of amides is 1. The van der Waals surface area contributed by atoms with E-state index in [9.17, 15) is 19.7 Å². The van der Waals surface area contributed by atoms with Gasteiger partial charge in [0, 0.05) is 23.7 Å². The first-order valence-corrected chi connectivity index (χ1v) is 6.86. The zero-order chi connectivity index (χ0) is 17.1. The lowest BCUT2D eigenvalue weighted by Gasteiger charge is -2.19. The summed E-state index contributed by atoms with van der Waals surface area (Å²) in [6, 6.07) is 4.28. The van der Waals surface area contributed by atoms with Gasteiger partial charge in [0.1, 0.15) is 0 Å². The van der Waals surface area contributed by atoms with Gasteiger partial charge in [0.15, 0.2) is 0 Å². The second kappa shape index (κ2) is 6.55. The van der Waals surface area contributed by atoms with E-state index < -0.39 is 22.2 Å². The van der Waals surface area contributed by atoms with Crippen LogP contribution in [0.5, 0.6) is 0 Å². The highest BCUT2D eigenvalue weighted by Crippen LogP contribution is 2.27. The smallest absolute Gasteiger partial charge is 0.310 e. The van der Waals surface area contributed by atoms with E-state index in [1.807, 2.05) is 13.8 Å². The van der Waals surface area contributed by atoms with Gasteiger partial charge in [0.2, 0.25) is 0 Å². The predicted molar refractivity (Wildman–Crippen MR) is 80.9 cm³/mol. The van der Waals surface area contributed by atoms with Crippen LogP contribution >= 0.6 is 0 Å². The molecule has 0 saturated heterocycles. The van der Waals surface area contributed by atoms with Crippen molar-refractivity contribution in [3.63, 3.8) is 0 Å². The molecule has 0 atom stereocenters. The van der Waals surface area contributed by atoms with Crippen molar-refractivity contribution >= 4 is 17.6 Å². The number of nitrogens with zero attached hydrogens (tertiary/aromatic N) is 1. The number of hydrogen-bond acceptors (Lipinski definition) is 4. The highest BCUT2D eigenvalue weighted by Gasteiger charge is 2.28. The van der Waals surface area contributed by atoms with Crippen molar-refractivity contribution in [1.29, 1.82) is 0 Å². The number of rotatable bonds is 6. The molecular formula is C15H20N2O5. The minimum absolute atomic E-state index is 0.0385. The van der Waals surface area contributed by atoms with E-state index in [1.54, 1.807) is 6.07 Å². The monoisotopic (exact) mass is 308 g/mol. The van der Waals surface area contributed by atoms with Crippen LogP contribution in [0.3, 0.4) is 0 Å². The third kappa shape index (κ3) is 4.03. The second-order valence-corrected chi connectivity index (χ2v) is 6.06. The quantitative estimate of drug-likeness (QED) is 0.620. The topological polar surface area (TPSA) is 110 Å². The van der Waals surface area contributed by atoms with Crippen molar-refractivity contribution in [3.05, 3.63) is 39.4 Å². The van der Waals surface area contributed by atoms with Crippen LogP contribution in [0.4, 0.5) is 5.69 Å². The number of nitro benzene ring substituents is 1. The molecule has 2 N–H and O–H groups in total. The third-order valence-electron chi connectivity index (χ3n) is 3.38. The zero-order valence-electron chi connectivity index (χ0n) is 13.0. The maximum atomic E-state index is 12.0. The molecule has 0 aliphatic rings. The molecule has 0 fully saturated rings. The number of carboxylic acid groups (broad SMARTS) is 1. The van der Waals surface area contributed by atoms with Crippen LogP contribution < -0.4 is 5.32 Å². The Bertz CT molecular complexity index is 608. The Balaban J connectivity index is 2.98. The highest BCUT2D eigenvalue weighted by atomic mass is 16.6. The molecule has 22 heavy (non-hydrogen) atoms. The van der Waals surface area contributed by atoms with Crippen LogP contribution in [0.25, 0.3) is 0 Å².